The van der Waals surface area contributed by atoms with Crippen LogP contribution in [0.25, 0.3) is 0 Å². The smallest absolute Gasteiger partial charge is 0.123 e. The van der Waals surface area contributed by atoms with Crippen molar-refractivity contribution in [1.29, 1.82) is 0 Å². The van der Waals surface area contributed by atoms with E-state index in [-0.39, 0.29) is 11.2 Å². The van der Waals surface area contributed by atoms with Gasteiger partial charge in [-0.15, -0.1) is 0 Å². The average molecular weight is 280 g/mol. The van der Waals surface area contributed by atoms with Crippen molar-refractivity contribution in [3.8, 4) is 0 Å². The Bertz CT molecular complexity index is 377. The summed E-state index contributed by atoms with van der Waals surface area (Å²) in [5.74, 6) is -0.168. The molecule has 1 aromatic carbocycles. The first-order valence-electron chi connectivity index (χ1n) is 7.63. The summed E-state index contributed by atoms with van der Waals surface area (Å²) in [6.45, 7) is 10.8. The Morgan fingerprint density at radius 3 is 2.40 bits per heavy atom. The third-order valence-corrected chi connectivity index (χ3v) is 3.85. The highest BCUT2D eigenvalue weighted by molar-refractivity contribution is 5.15. The monoisotopic (exact) mass is 280 g/mol. The van der Waals surface area contributed by atoms with Crippen LogP contribution in [-0.4, -0.2) is 31.6 Å². The Kier molecular flexibility index (Phi) is 7.17. The summed E-state index contributed by atoms with van der Waals surface area (Å²) in [7, 11) is 2.14. The molecule has 114 valence electrons. The van der Waals surface area contributed by atoms with E-state index in [1.165, 1.54) is 18.6 Å². The lowest BCUT2D eigenvalue weighted by atomic mass is 9.86. The van der Waals surface area contributed by atoms with Crippen molar-refractivity contribution in [2.45, 2.75) is 40.2 Å². The second kappa shape index (κ2) is 8.38. The summed E-state index contributed by atoms with van der Waals surface area (Å²) < 4.78 is 12.9. The van der Waals surface area contributed by atoms with Gasteiger partial charge < -0.3 is 10.2 Å². The van der Waals surface area contributed by atoms with Crippen molar-refractivity contribution >= 4 is 0 Å². The largest absolute Gasteiger partial charge is 0.316 e. The van der Waals surface area contributed by atoms with Crippen molar-refractivity contribution in [2.24, 2.45) is 5.41 Å². The van der Waals surface area contributed by atoms with E-state index in [9.17, 15) is 4.39 Å². The Morgan fingerprint density at radius 2 is 1.85 bits per heavy atom. The van der Waals surface area contributed by atoms with E-state index in [0.717, 1.165) is 38.2 Å². The van der Waals surface area contributed by atoms with Crippen molar-refractivity contribution in [3.63, 3.8) is 0 Å². The van der Waals surface area contributed by atoms with Gasteiger partial charge in [0.15, 0.2) is 0 Å². The Morgan fingerprint density at radius 1 is 1.20 bits per heavy atom. The molecule has 3 heteroatoms. The zero-order valence-electron chi connectivity index (χ0n) is 13.4. The van der Waals surface area contributed by atoms with Crippen molar-refractivity contribution in [3.05, 3.63) is 35.6 Å². The SMILES string of the molecule is CCCNCC(C)(CC)CN(C)Cc1ccc(F)cc1. The topological polar surface area (TPSA) is 15.3 Å². The molecular formula is C17H29FN2. The maximum atomic E-state index is 12.9. The van der Waals surface area contributed by atoms with Crippen molar-refractivity contribution in [2.75, 3.05) is 26.7 Å². The fourth-order valence-corrected chi connectivity index (χ4v) is 2.47. The molecule has 1 unspecified atom stereocenters. The summed E-state index contributed by atoms with van der Waals surface area (Å²) >= 11 is 0. The average Bonchev–Trinajstić information content (AvgIpc) is 2.41. The molecule has 0 saturated carbocycles. The first-order chi connectivity index (χ1) is 9.49. The minimum Gasteiger partial charge on any atom is -0.316 e. The van der Waals surface area contributed by atoms with Crippen molar-refractivity contribution < 1.29 is 4.39 Å². The van der Waals surface area contributed by atoms with E-state index in [2.05, 4.69) is 38.0 Å². The predicted octanol–water partition coefficient (Wildman–Crippen LogP) is 3.67. The number of halogens is 1. The van der Waals surface area contributed by atoms with Gasteiger partial charge in [0.05, 0.1) is 0 Å². The van der Waals surface area contributed by atoms with Gasteiger partial charge in [-0.2, -0.15) is 0 Å². The number of rotatable bonds is 9. The molecule has 0 aromatic heterocycles. The standard InChI is InChI=1S/C17H29FN2/c1-5-11-19-13-17(3,6-2)14-20(4)12-15-7-9-16(18)10-8-15/h7-10,19H,5-6,11-14H2,1-4H3. The fraction of sp³-hybridized carbons (Fsp3) is 0.647. The molecule has 2 nitrogen and oxygen atoms in total. The highest BCUT2D eigenvalue weighted by atomic mass is 19.1. The van der Waals surface area contributed by atoms with Crippen LogP contribution < -0.4 is 5.32 Å². The van der Waals surface area contributed by atoms with Crippen LogP contribution in [0.1, 0.15) is 39.2 Å². The molecule has 0 amide bonds. The lowest BCUT2D eigenvalue weighted by Gasteiger charge is -2.33. The zero-order valence-corrected chi connectivity index (χ0v) is 13.4. The van der Waals surface area contributed by atoms with Gasteiger partial charge in [-0.05, 0) is 49.5 Å². The van der Waals surface area contributed by atoms with Crippen LogP contribution >= 0.6 is 0 Å². The number of nitrogens with one attached hydrogen (secondary N) is 1. The molecular weight excluding hydrogens is 251 g/mol. The summed E-state index contributed by atoms with van der Waals surface area (Å²) in [5.41, 5.74) is 1.44. The van der Waals surface area contributed by atoms with Gasteiger partial charge in [-0.1, -0.05) is 32.9 Å². The third kappa shape index (κ3) is 6.02. The zero-order chi connectivity index (χ0) is 15.0. The minimum absolute atomic E-state index is 0.168. The van der Waals surface area contributed by atoms with E-state index in [4.69, 9.17) is 0 Å². The van der Waals surface area contributed by atoms with Crippen LogP contribution in [0.3, 0.4) is 0 Å². The Balaban J connectivity index is 2.49. The molecule has 0 radical (unpaired) electrons. The van der Waals surface area contributed by atoms with Crippen LogP contribution in [-0.2, 0) is 6.54 Å². The fourth-order valence-electron chi connectivity index (χ4n) is 2.47. The van der Waals surface area contributed by atoms with Crippen molar-refractivity contribution in [1.82, 2.24) is 10.2 Å². The minimum atomic E-state index is -0.168. The van der Waals surface area contributed by atoms with Gasteiger partial charge in [-0.25, -0.2) is 4.39 Å². The molecule has 0 saturated heterocycles. The maximum Gasteiger partial charge on any atom is 0.123 e. The number of nitrogens with zero attached hydrogens (tertiary/aromatic N) is 1. The number of hydrogen-bond acceptors (Lipinski definition) is 2. The van der Waals surface area contributed by atoms with E-state index in [1.807, 2.05) is 12.1 Å². The molecule has 0 spiro atoms. The third-order valence-electron chi connectivity index (χ3n) is 3.85. The van der Waals surface area contributed by atoms with Crippen LogP contribution in [0.4, 0.5) is 4.39 Å². The van der Waals surface area contributed by atoms with Gasteiger partial charge in [-0.3, -0.25) is 0 Å². The number of benzene rings is 1. The summed E-state index contributed by atoms with van der Waals surface area (Å²) in [6.07, 6.45) is 2.32. The first kappa shape index (κ1) is 17.1. The molecule has 1 N–H and O–H groups in total. The molecule has 0 aliphatic rings. The highest BCUT2D eigenvalue weighted by Crippen LogP contribution is 2.22. The molecule has 0 aliphatic heterocycles. The second-order valence-corrected chi connectivity index (χ2v) is 6.14. The molecule has 1 atom stereocenters. The second-order valence-electron chi connectivity index (χ2n) is 6.14. The van der Waals surface area contributed by atoms with Crippen LogP contribution in [0, 0.1) is 11.2 Å². The molecule has 0 aliphatic carbocycles. The van der Waals surface area contributed by atoms with E-state index < -0.39 is 0 Å². The normalized spacial score (nSPS) is 14.5. The molecule has 0 heterocycles. The summed E-state index contributed by atoms with van der Waals surface area (Å²) in [6, 6.07) is 6.80. The molecule has 0 bridgehead atoms. The predicted molar refractivity (Wildman–Crippen MR) is 84.3 cm³/mol. The van der Waals surface area contributed by atoms with Gasteiger partial charge in [0.25, 0.3) is 0 Å². The van der Waals surface area contributed by atoms with Gasteiger partial charge in [0.1, 0.15) is 5.82 Å². The Hall–Kier alpha value is -0.930. The Labute approximate surface area is 123 Å². The van der Waals surface area contributed by atoms with E-state index in [1.54, 1.807) is 0 Å². The quantitative estimate of drug-likeness (QED) is 0.694. The maximum absolute atomic E-state index is 12.9. The summed E-state index contributed by atoms with van der Waals surface area (Å²) in [5, 5.41) is 3.53. The molecule has 1 aromatic rings. The molecule has 20 heavy (non-hydrogen) atoms. The first-order valence-corrected chi connectivity index (χ1v) is 7.63. The van der Waals surface area contributed by atoms with E-state index >= 15 is 0 Å². The molecule has 0 fully saturated rings. The lowest BCUT2D eigenvalue weighted by Crippen LogP contribution is -2.40. The van der Waals surface area contributed by atoms with Crippen LogP contribution in [0.15, 0.2) is 24.3 Å². The van der Waals surface area contributed by atoms with Crippen LogP contribution in [0.5, 0.6) is 0 Å². The summed E-state index contributed by atoms with van der Waals surface area (Å²) in [4.78, 5) is 2.32. The highest BCUT2D eigenvalue weighted by Gasteiger charge is 2.23. The molecule has 1 rings (SSSR count). The van der Waals surface area contributed by atoms with Gasteiger partial charge in [0, 0.05) is 19.6 Å². The van der Waals surface area contributed by atoms with E-state index in [0.29, 0.717) is 0 Å². The van der Waals surface area contributed by atoms with Crippen LogP contribution in [0.2, 0.25) is 0 Å². The van der Waals surface area contributed by atoms with Gasteiger partial charge >= 0.3 is 0 Å². The number of hydrogen-bond donors (Lipinski definition) is 1. The van der Waals surface area contributed by atoms with Gasteiger partial charge in [0.2, 0.25) is 0 Å². The lowest BCUT2D eigenvalue weighted by molar-refractivity contribution is 0.175.